The van der Waals surface area contributed by atoms with Gasteiger partial charge in [0.25, 0.3) is 0 Å². The summed E-state index contributed by atoms with van der Waals surface area (Å²) in [6.07, 6.45) is 7.47. The Morgan fingerprint density at radius 3 is 3.00 bits per heavy atom. The minimum atomic E-state index is -0.485. The van der Waals surface area contributed by atoms with Crippen LogP contribution in [0.25, 0.3) is 10.1 Å². The van der Waals surface area contributed by atoms with Gasteiger partial charge < -0.3 is 9.84 Å². The number of carbonyl (C=O) groups excluding carboxylic acids is 2. The van der Waals surface area contributed by atoms with Crippen LogP contribution in [-0.2, 0) is 20.7 Å². The molecule has 31 heavy (non-hydrogen) atoms. The molecule has 0 saturated heterocycles. The van der Waals surface area contributed by atoms with Gasteiger partial charge in [-0.1, -0.05) is 30.4 Å². The van der Waals surface area contributed by atoms with Crippen molar-refractivity contribution in [2.24, 2.45) is 5.92 Å². The highest BCUT2D eigenvalue weighted by Crippen LogP contribution is 2.34. The SMILES string of the molecule is COC(=O)CSCCCS[C@H]1C(=O)CCC1C=C[C@H](O)CCc1cc2ccccc2s1. The molecule has 1 saturated carbocycles. The molecule has 1 heterocycles. The first-order chi connectivity index (χ1) is 15.1. The van der Waals surface area contributed by atoms with E-state index < -0.39 is 6.10 Å². The number of carbonyl (C=O) groups is 2. The molecule has 1 aromatic carbocycles. The number of ether oxygens (including phenoxy) is 1. The van der Waals surface area contributed by atoms with Gasteiger partial charge >= 0.3 is 5.97 Å². The summed E-state index contributed by atoms with van der Waals surface area (Å²) < 4.78 is 5.92. The smallest absolute Gasteiger partial charge is 0.315 e. The minimum Gasteiger partial charge on any atom is -0.468 e. The number of fused-ring (bicyclic) bond motifs is 1. The lowest BCUT2D eigenvalue weighted by molar-refractivity contribution is -0.137. The maximum Gasteiger partial charge on any atom is 0.315 e. The maximum absolute atomic E-state index is 12.3. The lowest BCUT2D eigenvalue weighted by Gasteiger charge is -2.15. The Kier molecular flexibility index (Phi) is 9.96. The lowest BCUT2D eigenvalue weighted by atomic mass is 10.0. The molecule has 3 rings (SSSR count). The first-order valence-corrected chi connectivity index (χ1v) is 13.7. The summed E-state index contributed by atoms with van der Waals surface area (Å²) in [5, 5.41) is 11.7. The molecule has 3 atom stereocenters. The van der Waals surface area contributed by atoms with Crippen molar-refractivity contribution >= 4 is 56.7 Å². The van der Waals surface area contributed by atoms with Crippen LogP contribution in [0.5, 0.6) is 0 Å². The number of aliphatic hydroxyl groups is 1. The number of thioether (sulfide) groups is 2. The predicted molar refractivity (Wildman–Crippen MR) is 133 cm³/mol. The van der Waals surface area contributed by atoms with E-state index in [-0.39, 0.29) is 17.1 Å². The summed E-state index contributed by atoms with van der Waals surface area (Å²) in [4.78, 5) is 24.7. The van der Waals surface area contributed by atoms with E-state index >= 15 is 0 Å². The molecule has 0 spiro atoms. The van der Waals surface area contributed by atoms with Crippen molar-refractivity contribution in [3.63, 3.8) is 0 Å². The quantitative estimate of drug-likeness (QED) is 0.259. The highest BCUT2D eigenvalue weighted by molar-refractivity contribution is 8.01. The molecule has 7 heteroatoms. The summed E-state index contributed by atoms with van der Waals surface area (Å²) in [5.74, 6) is 2.51. The van der Waals surface area contributed by atoms with Crippen molar-refractivity contribution in [1.29, 1.82) is 0 Å². The number of benzene rings is 1. The molecule has 1 N–H and O–H groups in total. The van der Waals surface area contributed by atoms with Gasteiger partial charge in [-0.2, -0.15) is 11.8 Å². The lowest BCUT2D eigenvalue weighted by Crippen LogP contribution is -2.17. The van der Waals surface area contributed by atoms with Crippen molar-refractivity contribution < 1.29 is 19.4 Å². The first-order valence-electron chi connectivity index (χ1n) is 10.7. The molecule has 0 bridgehead atoms. The average Bonchev–Trinajstić information content (AvgIpc) is 3.35. The summed E-state index contributed by atoms with van der Waals surface area (Å²) in [6.45, 7) is 0. The van der Waals surface area contributed by atoms with Crippen LogP contribution in [0.1, 0.15) is 30.6 Å². The Hall–Kier alpha value is -1.28. The second-order valence-corrected chi connectivity index (χ2v) is 11.2. The molecule has 168 valence electrons. The van der Waals surface area contributed by atoms with Crippen molar-refractivity contribution in [2.45, 2.75) is 43.5 Å². The number of aliphatic hydroxyl groups excluding tert-OH is 1. The fourth-order valence-corrected chi connectivity index (χ4v) is 7.04. The van der Waals surface area contributed by atoms with Gasteiger partial charge in [0, 0.05) is 16.0 Å². The third-order valence-corrected chi connectivity index (χ3v) is 9.04. The average molecular weight is 479 g/mol. The van der Waals surface area contributed by atoms with E-state index in [4.69, 9.17) is 0 Å². The molecule has 1 fully saturated rings. The van der Waals surface area contributed by atoms with Crippen LogP contribution in [0, 0.1) is 5.92 Å². The molecular formula is C24H30O4S3. The fourth-order valence-electron chi connectivity index (χ4n) is 3.66. The number of hydrogen-bond acceptors (Lipinski definition) is 7. The predicted octanol–water partition coefficient (Wildman–Crippen LogP) is 5.13. The zero-order valence-electron chi connectivity index (χ0n) is 17.8. The van der Waals surface area contributed by atoms with Gasteiger partial charge in [-0.05, 0) is 60.6 Å². The Balaban J connectivity index is 1.39. The number of thiophene rings is 1. The van der Waals surface area contributed by atoms with Gasteiger partial charge in [0.1, 0.15) is 5.78 Å². The van der Waals surface area contributed by atoms with E-state index in [2.05, 4.69) is 41.1 Å². The van der Waals surface area contributed by atoms with E-state index in [1.807, 2.05) is 6.08 Å². The third kappa shape index (κ3) is 7.67. The standard InChI is InChI=1S/C24H30O4S3/c1-28-23(27)16-29-13-4-14-30-24-17(8-12-21(24)26)7-9-19(25)10-11-20-15-18-5-2-3-6-22(18)31-20/h2-3,5-7,9,15,17,19,24-25H,4,8,10-14,16H2,1H3/t17?,19-,24+/m0/s1. The summed E-state index contributed by atoms with van der Waals surface area (Å²) in [7, 11) is 1.40. The number of rotatable bonds is 12. The molecule has 4 nitrogen and oxygen atoms in total. The molecular weight excluding hydrogens is 448 g/mol. The van der Waals surface area contributed by atoms with Crippen LogP contribution in [0.4, 0.5) is 0 Å². The van der Waals surface area contributed by atoms with Crippen LogP contribution < -0.4 is 0 Å². The van der Waals surface area contributed by atoms with E-state index in [9.17, 15) is 14.7 Å². The monoisotopic (exact) mass is 478 g/mol. The van der Waals surface area contributed by atoms with Crippen LogP contribution in [0.15, 0.2) is 42.5 Å². The number of aryl methyl sites for hydroxylation is 1. The topological polar surface area (TPSA) is 63.6 Å². The Morgan fingerprint density at radius 1 is 1.35 bits per heavy atom. The van der Waals surface area contributed by atoms with Gasteiger partial charge in [-0.3, -0.25) is 9.59 Å². The fraction of sp³-hybridized carbons (Fsp3) is 0.500. The van der Waals surface area contributed by atoms with Crippen LogP contribution >= 0.6 is 34.9 Å². The second kappa shape index (κ2) is 12.7. The van der Waals surface area contributed by atoms with E-state index in [0.29, 0.717) is 24.4 Å². The van der Waals surface area contributed by atoms with Crippen molar-refractivity contribution in [3.05, 3.63) is 47.4 Å². The van der Waals surface area contributed by atoms with Crippen LogP contribution in [0.3, 0.4) is 0 Å². The zero-order valence-corrected chi connectivity index (χ0v) is 20.3. The zero-order chi connectivity index (χ0) is 22.1. The number of allylic oxidation sites excluding steroid dienone is 1. The third-order valence-electron chi connectivity index (χ3n) is 5.35. The van der Waals surface area contributed by atoms with Crippen LogP contribution in [0.2, 0.25) is 0 Å². The molecule has 1 unspecified atom stereocenters. The number of hydrogen-bond donors (Lipinski definition) is 1. The highest BCUT2D eigenvalue weighted by atomic mass is 32.2. The van der Waals surface area contributed by atoms with Crippen molar-refractivity contribution in [1.82, 2.24) is 0 Å². The first kappa shape index (κ1) is 24.4. The molecule has 1 aliphatic rings. The van der Waals surface area contributed by atoms with Gasteiger partial charge in [-0.25, -0.2) is 0 Å². The van der Waals surface area contributed by atoms with Crippen molar-refractivity contribution in [3.8, 4) is 0 Å². The van der Waals surface area contributed by atoms with Crippen LogP contribution in [-0.4, -0.2) is 52.6 Å². The molecule has 1 aliphatic carbocycles. The summed E-state index contributed by atoms with van der Waals surface area (Å²) in [5.41, 5.74) is 0. The molecule has 1 aromatic heterocycles. The number of methoxy groups -OCH3 is 1. The molecule has 0 radical (unpaired) electrons. The van der Waals surface area contributed by atoms with Gasteiger partial charge in [-0.15, -0.1) is 23.1 Å². The number of Topliss-reactive ketones (excluding diaryl/α,β-unsaturated/α-hetero) is 1. The number of ketones is 1. The maximum atomic E-state index is 12.3. The van der Waals surface area contributed by atoms with E-state index in [1.54, 1.807) is 34.9 Å². The summed E-state index contributed by atoms with van der Waals surface area (Å²) >= 11 is 5.08. The Bertz CT molecular complexity index is 859. The van der Waals surface area contributed by atoms with Gasteiger partial charge in [0.05, 0.1) is 24.2 Å². The number of esters is 1. The minimum absolute atomic E-state index is 0.00310. The molecule has 0 amide bonds. The largest absolute Gasteiger partial charge is 0.468 e. The van der Waals surface area contributed by atoms with Gasteiger partial charge in [0.15, 0.2) is 0 Å². The van der Waals surface area contributed by atoms with E-state index in [1.165, 1.54) is 22.1 Å². The molecule has 0 aliphatic heterocycles. The van der Waals surface area contributed by atoms with E-state index in [0.717, 1.165) is 30.8 Å². The normalized spacial score (nSPS) is 20.0. The second-order valence-electron chi connectivity index (χ2n) is 7.68. The molecule has 2 aromatic rings. The Morgan fingerprint density at radius 2 is 2.19 bits per heavy atom. The van der Waals surface area contributed by atoms with Crippen molar-refractivity contribution in [2.75, 3.05) is 24.4 Å². The highest BCUT2D eigenvalue weighted by Gasteiger charge is 2.33. The Labute approximate surface area is 196 Å². The van der Waals surface area contributed by atoms with Gasteiger partial charge in [0.2, 0.25) is 0 Å². The summed E-state index contributed by atoms with van der Waals surface area (Å²) in [6, 6.07) is 10.6.